The van der Waals surface area contributed by atoms with Gasteiger partial charge in [-0.25, -0.2) is 8.42 Å². The van der Waals surface area contributed by atoms with E-state index in [9.17, 15) is 13.2 Å². The predicted molar refractivity (Wildman–Crippen MR) is 140 cm³/mol. The van der Waals surface area contributed by atoms with Gasteiger partial charge in [0.2, 0.25) is 15.9 Å². The van der Waals surface area contributed by atoms with Gasteiger partial charge in [-0.3, -0.25) is 9.69 Å². The molecule has 0 atom stereocenters. The van der Waals surface area contributed by atoms with Crippen LogP contribution in [0.15, 0.2) is 71.6 Å². The second kappa shape index (κ2) is 11.3. The third-order valence-corrected chi connectivity index (χ3v) is 8.94. The maximum absolute atomic E-state index is 13.2. The Morgan fingerprint density at radius 1 is 0.914 bits per heavy atom. The highest BCUT2D eigenvalue weighted by Gasteiger charge is 2.32. The lowest BCUT2D eigenvalue weighted by Crippen LogP contribution is -2.42. The Balaban J connectivity index is 1.34. The van der Waals surface area contributed by atoms with Gasteiger partial charge < -0.3 is 5.32 Å². The van der Waals surface area contributed by atoms with E-state index in [1.54, 1.807) is 12.1 Å². The number of rotatable bonds is 9. The molecule has 7 heteroatoms. The van der Waals surface area contributed by atoms with Gasteiger partial charge in [0.05, 0.1) is 4.90 Å². The Labute approximate surface area is 209 Å². The van der Waals surface area contributed by atoms with Crippen LogP contribution < -0.4 is 5.32 Å². The summed E-state index contributed by atoms with van der Waals surface area (Å²) in [6.45, 7) is 8.34. The van der Waals surface area contributed by atoms with Crippen LogP contribution in [-0.4, -0.2) is 49.7 Å². The largest absolute Gasteiger partial charge is 0.352 e. The minimum Gasteiger partial charge on any atom is -0.352 e. The van der Waals surface area contributed by atoms with Crippen molar-refractivity contribution in [2.75, 3.05) is 26.2 Å². The Morgan fingerprint density at radius 2 is 1.54 bits per heavy atom. The number of amides is 1. The second-order valence-corrected chi connectivity index (χ2v) is 11.1. The topological polar surface area (TPSA) is 69.7 Å². The van der Waals surface area contributed by atoms with Crippen molar-refractivity contribution in [1.29, 1.82) is 0 Å². The van der Waals surface area contributed by atoms with E-state index in [4.69, 9.17) is 0 Å². The molecule has 0 aromatic heterocycles. The fourth-order valence-corrected chi connectivity index (χ4v) is 6.24. The lowest BCUT2D eigenvalue weighted by Gasteiger charge is -2.30. The van der Waals surface area contributed by atoms with Crippen LogP contribution in [-0.2, 0) is 27.9 Å². The zero-order chi connectivity index (χ0) is 24.8. The van der Waals surface area contributed by atoms with Crippen molar-refractivity contribution < 1.29 is 13.2 Å². The van der Waals surface area contributed by atoms with Crippen molar-refractivity contribution in [3.05, 3.63) is 77.9 Å². The van der Waals surface area contributed by atoms with E-state index >= 15 is 0 Å². The van der Waals surface area contributed by atoms with Crippen molar-refractivity contribution in [2.45, 2.75) is 44.7 Å². The zero-order valence-corrected chi connectivity index (χ0v) is 21.4. The van der Waals surface area contributed by atoms with E-state index in [-0.39, 0.29) is 11.8 Å². The molecule has 1 aliphatic rings. The maximum atomic E-state index is 13.2. The van der Waals surface area contributed by atoms with Gasteiger partial charge in [0.15, 0.2) is 0 Å². The third kappa shape index (κ3) is 5.92. The van der Waals surface area contributed by atoms with Crippen molar-refractivity contribution in [1.82, 2.24) is 14.5 Å². The molecule has 186 valence electrons. The molecule has 6 nitrogen and oxygen atoms in total. The van der Waals surface area contributed by atoms with E-state index in [1.807, 2.05) is 42.5 Å². The molecule has 1 heterocycles. The average molecular weight is 494 g/mol. The molecule has 3 aromatic rings. The van der Waals surface area contributed by atoms with Crippen molar-refractivity contribution in [3.63, 3.8) is 0 Å². The SMILES string of the molecule is CCN(CC)Cc1ccccc1CNC(=O)C1CCN(S(=O)(=O)c2ccc3ccccc3c2)CC1. The fourth-order valence-electron chi connectivity index (χ4n) is 4.73. The van der Waals surface area contributed by atoms with Crippen molar-refractivity contribution in [3.8, 4) is 0 Å². The summed E-state index contributed by atoms with van der Waals surface area (Å²) in [4.78, 5) is 15.6. The Morgan fingerprint density at radius 3 is 2.23 bits per heavy atom. The van der Waals surface area contributed by atoms with Crippen molar-refractivity contribution in [2.24, 2.45) is 5.92 Å². The van der Waals surface area contributed by atoms with Gasteiger partial charge in [-0.1, -0.05) is 68.4 Å². The molecule has 0 radical (unpaired) electrons. The van der Waals surface area contributed by atoms with E-state index in [0.717, 1.165) is 36.0 Å². The molecule has 4 rings (SSSR count). The van der Waals surface area contributed by atoms with Crippen LogP contribution in [0.3, 0.4) is 0 Å². The molecule has 0 spiro atoms. The Bertz CT molecular complexity index is 1260. The lowest BCUT2D eigenvalue weighted by atomic mass is 9.97. The predicted octanol–water partition coefficient (Wildman–Crippen LogP) is 4.40. The van der Waals surface area contributed by atoms with Crippen LogP contribution in [0.1, 0.15) is 37.8 Å². The normalized spacial score (nSPS) is 15.5. The summed E-state index contributed by atoms with van der Waals surface area (Å²) in [7, 11) is -3.58. The minimum absolute atomic E-state index is 0.00500. The zero-order valence-electron chi connectivity index (χ0n) is 20.6. The number of hydrogen-bond donors (Lipinski definition) is 1. The number of hydrogen-bond acceptors (Lipinski definition) is 4. The molecule has 0 bridgehead atoms. The highest BCUT2D eigenvalue weighted by molar-refractivity contribution is 7.89. The molecule has 1 aliphatic heterocycles. The number of carbonyl (C=O) groups excluding carboxylic acids is 1. The number of nitrogens with zero attached hydrogens (tertiary/aromatic N) is 2. The number of nitrogens with one attached hydrogen (secondary N) is 1. The summed E-state index contributed by atoms with van der Waals surface area (Å²) in [5.74, 6) is -0.168. The fraction of sp³-hybridized carbons (Fsp3) is 0.393. The van der Waals surface area contributed by atoms with Gasteiger partial charge in [0.1, 0.15) is 0 Å². The average Bonchev–Trinajstić information content (AvgIpc) is 2.90. The standard InChI is InChI=1S/C28H35N3O3S/c1-3-30(4-2)21-26-12-8-7-11-25(26)20-29-28(32)23-15-17-31(18-16-23)35(33,34)27-14-13-22-9-5-6-10-24(22)19-27/h5-14,19,23H,3-4,15-18,20-21H2,1-2H3,(H,29,32). The van der Waals surface area contributed by atoms with Gasteiger partial charge in [-0.2, -0.15) is 4.31 Å². The first kappa shape index (κ1) is 25.4. The smallest absolute Gasteiger partial charge is 0.243 e. The molecule has 1 amide bonds. The molecular weight excluding hydrogens is 458 g/mol. The summed E-state index contributed by atoms with van der Waals surface area (Å²) >= 11 is 0. The van der Waals surface area contributed by atoms with Gasteiger partial charge in [0, 0.05) is 32.1 Å². The van der Waals surface area contributed by atoms with Crippen LogP contribution in [0, 0.1) is 5.92 Å². The molecular formula is C28H35N3O3S. The lowest BCUT2D eigenvalue weighted by molar-refractivity contribution is -0.126. The molecule has 3 aromatic carbocycles. The first-order chi connectivity index (χ1) is 16.9. The van der Waals surface area contributed by atoms with Crippen LogP contribution in [0.5, 0.6) is 0 Å². The summed E-state index contributed by atoms with van der Waals surface area (Å²) in [6, 6.07) is 21.2. The highest BCUT2D eigenvalue weighted by Crippen LogP contribution is 2.26. The van der Waals surface area contributed by atoms with Crippen LogP contribution in [0.4, 0.5) is 0 Å². The maximum Gasteiger partial charge on any atom is 0.243 e. The highest BCUT2D eigenvalue weighted by atomic mass is 32.2. The Kier molecular flexibility index (Phi) is 8.21. The molecule has 0 unspecified atom stereocenters. The van der Waals surface area contributed by atoms with Gasteiger partial charge in [-0.05, 0) is 60.0 Å². The molecule has 35 heavy (non-hydrogen) atoms. The van der Waals surface area contributed by atoms with Crippen LogP contribution in [0.25, 0.3) is 10.8 Å². The van der Waals surface area contributed by atoms with E-state index in [2.05, 4.69) is 36.2 Å². The van der Waals surface area contributed by atoms with E-state index in [1.165, 1.54) is 9.87 Å². The molecule has 1 N–H and O–H groups in total. The number of benzene rings is 3. The first-order valence-corrected chi connectivity index (χ1v) is 13.9. The molecule has 1 saturated heterocycles. The monoisotopic (exact) mass is 493 g/mol. The van der Waals surface area contributed by atoms with E-state index < -0.39 is 10.0 Å². The third-order valence-electron chi connectivity index (χ3n) is 7.04. The number of piperidine rings is 1. The summed E-state index contributed by atoms with van der Waals surface area (Å²) in [5, 5.41) is 5.02. The first-order valence-electron chi connectivity index (χ1n) is 12.5. The molecule has 0 aliphatic carbocycles. The molecule has 0 saturated carbocycles. The number of carbonyl (C=O) groups is 1. The van der Waals surface area contributed by atoms with Gasteiger partial charge in [0.25, 0.3) is 0 Å². The van der Waals surface area contributed by atoms with Gasteiger partial charge in [-0.15, -0.1) is 0 Å². The summed E-state index contributed by atoms with van der Waals surface area (Å²) in [6.07, 6.45) is 1.06. The molecule has 1 fully saturated rings. The van der Waals surface area contributed by atoms with Crippen molar-refractivity contribution >= 4 is 26.7 Å². The number of fused-ring (bicyclic) bond motifs is 1. The van der Waals surface area contributed by atoms with Gasteiger partial charge >= 0.3 is 0 Å². The van der Waals surface area contributed by atoms with E-state index in [0.29, 0.717) is 37.4 Å². The minimum atomic E-state index is -3.58. The van der Waals surface area contributed by atoms with Crippen LogP contribution >= 0.6 is 0 Å². The summed E-state index contributed by atoms with van der Waals surface area (Å²) in [5.41, 5.74) is 2.36. The number of sulfonamides is 1. The quantitative estimate of drug-likeness (QED) is 0.480. The second-order valence-electron chi connectivity index (χ2n) is 9.14. The van der Waals surface area contributed by atoms with Crippen LogP contribution in [0.2, 0.25) is 0 Å². The summed E-state index contributed by atoms with van der Waals surface area (Å²) < 4.78 is 27.9. The Hall–Kier alpha value is -2.74.